The summed E-state index contributed by atoms with van der Waals surface area (Å²) in [5.74, 6) is 0.0686. The Hall–Kier alpha value is -2.76. The molecule has 0 atom stereocenters. The first-order valence-corrected chi connectivity index (χ1v) is 9.07. The molecule has 0 fully saturated rings. The topological polar surface area (TPSA) is 88.8 Å². The van der Waals surface area contributed by atoms with E-state index in [9.17, 15) is 9.59 Å². The molecule has 27 heavy (non-hydrogen) atoms. The molecule has 0 bridgehead atoms. The summed E-state index contributed by atoms with van der Waals surface area (Å²) in [7, 11) is 0. The zero-order valence-electron chi connectivity index (χ0n) is 16.3. The number of carbonyl (C=O) groups excluding carboxylic acids is 1. The van der Waals surface area contributed by atoms with Gasteiger partial charge in [0.1, 0.15) is 17.9 Å². The van der Waals surface area contributed by atoms with Gasteiger partial charge >= 0.3 is 5.97 Å². The zero-order chi connectivity index (χ0) is 20.0. The van der Waals surface area contributed by atoms with E-state index >= 15 is 0 Å². The summed E-state index contributed by atoms with van der Waals surface area (Å²) in [5.41, 5.74) is 2.85. The van der Waals surface area contributed by atoms with E-state index < -0.39 is 5.97 Å². The Bertz CT molecular complexity index is 807. The summed E-state index contributed by atoms with van der Waals surface area (Å²) in [6.45, 7) is 8.89. The zero-order valence-corrected chi connectivity index (χ0v) is 16.3. The summed E-state index contributed by atoms with van der Waals surface area (Å²) >= 11 is 0. The smallest absolute Gasteiger partial charge is 0.311 e. The molecule has 2 rings (SSSR count). The van der Waals surface area contributed by atoms with E-state index in [2.05, 4.69) is 19.2 Å². The van der Waals surface area contributed by atoms with Gasteiger partial charge in [-0.25, -0.2) is 0 Å². The molecule has 0 aliphatic heterocycles. The maximum atomic E-state index is 12.6. The average Bonchev–Trinajstić information content (AvgIpc) is 2.93. The van der Waals surface area contributed by atoms with E-state index in [1.54, 1.807) is 6.92 Å². The molecule has 0 saturated heterocycles. The molecule has 1 amide bonds. The second kappa shape index (κ2) is 9.26. The number of carboxylic acid groups (broad SMARTS) is 1. The quantitative estimate of drug-likeness (QED) is 0.696. The number of aliphatic carboxylic acids is 1. The molecule has 0 spiro atoms. The molecule has 146 valence electrons. The Morgan fingerprint density at radius 1 is 1.26 bits per heavy atom. The maximum Gasteiger partial charge on any atom is 0.311 e. The van der Waals surface area contributed by atoms with Crippen molar-refractivity contribution in [1.29, 1.82) is 0 Å². The highest BCUT2D eigenvalue weighted by atomic mass is 16.5. The van der Waals surface area contributed by atoms with E-state index in [-0.39, 0.29) is 30.2 Å². The molecule has 1 heterocycles. The SMILES string of the molecule is Cc1ccc(CNC(=O)c2c(C)coc2CC(=O)O)c(OCCC(C)C)c1. The summed E-state index contributed by atoms with van der Waals surface area (Å²) in [4.78, 5) is 23.5. The number of hydrogen-bond acceptors (Lipinski definition) is 4. The number of ether oxygens (including phenoxy) is 1. The van der Waals surface area contributed by atoms with Crippen LogP contribution in [0.3, 0.4) is 0 Å². The second-order valence-electron chi connectivity index (χ2n) is 7.11. The first kappa shape index (κ1) is 20.6. The largest absolute Gasteiger partial charge is 0.493 e. The molecule has 0 aliphatic rings. The highest BCUT2D eigenvalue weighted by Gasteiger charge is 2.20. The van der Waals surface area contributed by atoms with E-state index in [4.69, 9.17) is 14.3 Å². The fraction of sp³-hybridized carbons (Fsp3) is 0.429. The fourth-order valence-electron chi connectivity index (χ4n) is 2.68. The molecular formula is C21H27NO5. The molecule has 6 nitrogen and oxygen atoms in total. The van der Waals surface area contributed by atoms with Crippen LogP contribution in [-0.4, -0.2) is 23.6 Å². The fourth-order valence-corrected chi connectivity index (χ4v) is 2.68. The molecule has 2 aromatic rings. The molecule has 0 aliphatic carbocycles. The van der Waals surface area contributed by atoms with E-state index in [1.165, 1.54) is 6.26 Å². The van der Waals surface area contributed by atoms with Crippen molar-refractivity contribution in [2.24, 2.45) is 5.92 Å². The summed E-state index contributed by atoms with van der Waals surface area (Å²) < 4.78 is 11.1. The van der Waals surface area contributed by atoms with Gasteiger partial charge < -0.3 is 19.6 Å². The van der Waals surface area contributed by atoms with Crippen molar-refractivity contribution in [1.82, 2.24) is 5.32 Å². The van der Waals surface area contributed by atoms with Crippen molar-refractivity contribution in [3.8, 4) is 5.75 Å². The van der Waals surface area contributed by atoms with Crippen LogP contribution in [0.5, 0.6) is 5.75 Å². The lowest BCUT2D eigenvalue weighted by molar-refractivity contribution is -0.136. The van der Waals surface area contributed by atoms with Gasteiger partial charge in [0.25, 0.3) is 5.91 Å². The van der Waals surface area contributed by atoms with Crippen molar-refractivity contribution in [2.45, 2.75) is 47.1 Å². The van der Waals surface area contributed by atoms with Crippen LogP contribution in [-0.2, 0) is 17.8 Å². The van der Waals surface area contributed by atoms with Gasteiger partial charge in [-0.05, 0) is 37.8 Å². The lowest BCUT2D eigenvalue weighted by atomic mass is 10.1. The number of carboxylic acids is 1. The molecular weight excluding hydrogens is 346 g/mol. The minimum Gasteiger partial charge on any atom is -0.493 e. The molecule has 0 saturated carbocycles. The standard InChI is InChI=1S/C21H27NO5/c1-13(2)7-8-26-17-9-14(3)5-6-16(17)11-22-21(25)20-15(4)12-27-18(20)10-19(23)24/h5-6,9,12-13H,7-8,10-11H2,1-4H3,(H,22,25)(H,23,24). The summed E-state index contributed by atoms with van der Waals surface area (Å²) in [5, 5.41) is 11.8. The number of benzene rings is 1. The first-order chi connectivity index (χ1) is 12.8. The number of furan rings is 1. The van der Waals surface area contributed by atoms with Crippen LogP contribution in [0.1, 0.15) is 53.1 Å². The van der Waals surface area contributed by atoms with Gasteiger partial charge in [-0.15, -0.1) is 0 Å². The average molecular weight is 373 g/mol. The van der Waals surface area contributed by atoms with Crippen LogP contribution in [0.2, 0.25) is 0 Å². The molecule has 2 N–H and O–H groups in total. The number of hydrogen-bond donors (Lipinski definition) is 2. The van der Waals surface area contributed by atoms with Crippen LogP contribution in [0, 0.1) is 19.8 Å². The van der Waals surface area contributed by atoms with Crippen LogP contribution in [0.15, 0.2) is 28.9 Å². The van der Waals surface area contributed by atoms with Gasteiger partial charge in [-0.3, -0.25) is 9.59 Å². The number of nitrogens with one attached hydrogen (secondary N) is 1. The third-order valence-electron chi connectivity index (χ3n) is 4.20. The number of rotatable bonds is 9. The van der Waals surface area contributed by atoms with Crippen molar-refractivity contribution in [2.75, 3.05) is 6.61 Å². The highest BCUT2D eigenvalue weighted by molar-refractivity contribution is 5.97. The molecule has 0 unspecified atom stereocenters. The molecule has 6 heteroatoms. The Morgan fingerprint density at radius 2 is 2.00 bits per heavy atom. The summed E-state index contributed by atoms with van der Waals surface area (Å²) in [6.07, 6.45) is 2.02. The predicted molar refractivity (Wildman–Crippen MR) is 102 cm³/mol. The molecule has 1 aromatic heterocycles. The lowest BCUT2D eigenvalue weighted by Gasteiger charge is -2.14. The maximum absolute atomic E-state index is 12.6. The van der Waals surface area contributed by atoms with E-state index in [0.717, 1.165) is 23.3 Å². The van der Waals surface area contributed by atoms with Crippen LogP contribution >= 0.6 is 0 Å². The van der Waals surface area contributed by atoms with E-state index in [1.807, 2.05) is 25.1 Å². The normalized spacial score (nSPS) is 10.9. The van der Waals surface area contributed by atoms with Crippen LogP contribution in [0.4, 0.5) is 0 Å². The van der Waals surface area contributed by atoms with Crippen molar-refractivity contribution >= 4 is 11.9 Å². The third kappa shape index (κ3) is 5.88. The van der Waals surface area contributed by atoms with Crippen molar-refractivity contribution in [3.63, 3.8) is 0 Å². The molecule has 0 radical (unpaired) electrons. The van der Waals surface area contributed by atoms with Crippen molar-refractivity contribution in [3.05, 3.63) is 52.5 Å². The predicted octanol–water partition coefficient (Wildman–Crippen LogP) is 3.88. The van der Waals surface area contributed by atoms with Gasteiger partial charge in [-0.1, -0.05) is 26.0 Å². The number of aryl methyl sites for hydroxylation is 2. The van der Waals surface area contributed by atoms with E-state index in [0.29, 0.717) is 18.1 Å². The van der Waals surface area contributed by atoms with Gasteiger partial charge in [-0.2, -0.15) is 0 Å². The Kier molecular flexibility index (Phi) is 7.05. The van der Waals surface area contributed by atoms with Crippen LogP contribution in [0.25, 0.3) is 0 Å². The van der Waals surface area contributed by atoms with Crippen molar-refractivity contribution < 1.29 is 23.8 Å². The summed E-state index contributed by atoms with van der Waals surface area (Å²) in [6, 6.07) is 5.86. The second-order valence-corrected chi connectivity index (χ2v) is 7.11. The van der Waals surface area contributed by atoms with Gasteiger partial charge in [0, 0.05) is 17.7 Å². The first-order valence-electron chi connectivity index (χ1n) is 9.07. The van der Waals surface area contributed by atoms with Crippen LogP contribution < -0.4 is 10.1 Å². The lowest BCUT2D eigenvalue weighted by Crippen LogP contribution is -2.25. The minimum absolute atomic E-state index is 0.162. The Labute approximate surface area is 159 Å². The monoisotopic (exact) mass is 373 g/mol. The number of carbonyl (C=O) groups is 2. The van der Waals surface area contributed by atoms with Gasteiger partial charge in [0.2, 0.25) is 0 Å². The van der Waals surface area contributed by atoms with Gasteiger partial charge in [0.15, 0.2) is 0 Å². The minimum atomic E-state index is -1.04. The third-order valence-corrected chi connectivity index (χ3v) is 4.20. The molecule has 1 aromatic carbocycles. The highest BCUT2D eigenvalue weighted by Crippen LogP contribution is 2.22. The number of amides is 1. The van der Waals surface area contributed by atoms with Gasteiger partial charge in [0.05, 0.1) is 18.4 Å². The Balaban J connectivity index is 2.09. The Morgan fingerprint density at radius 3 is 2.67 bits per heavy atom.